The van der Waals surface area contributed by atoms with Crippen LogP contribution in [0.2, 0.25) is 0 Å². The molecule has 2 aliphatic heterocycles. The van der Waals surface area contributed by atoms with Crippen molar-refractivity contribution in [2.45, 2.75) is 6.04 Å². The summed E-state index contributed by atoms with van der Waals surface area (Å²) < 4.78 is 13.2. The number of benzene rings is 1. The molecule has 2 atom stereocenters. The molecular weight excluding hydrogens is 359 g/mol. The first-order valence-corrected chi connectivity index (χ1v) is 9.30. The van der Waals surface area contributed by atoms with Gasteiger partial charge in [0.2, 0.25) is 5.91 Å². The summed E-state index contributed by atoms with van der Waals surface area (Å²) in [5.74, 6) is 0.208. The van der Waals surface area contributed by atoms with Crippen LogP contribution >= 0.6 is 0 Å². The van der Waals surface area contributed by atoms with Crippen molar-refractivity contribution in [3.8, 4) is 6.07 Å². The number of amides is 1. The van der Waals surface area contributed by atoms with E-state index < -0.39 is 0 Å². The molecule has 0 aliphatic carbocycles. The Morgan fingerprint density at radius 1 is 1.18 bits per heavy atom. The first kappa shape index (κ1) is 18.3. The highest BCUT2D eigenvalue weighted by Gasteiger charge is 2.37. The lowest BCUT2D eigenvalue weighted by Gasteiger charge is -2.37. The second kappa shape index (κ2) is 7.92. The van der Waals surface area contributed by atoms with Crippen molar-refractivity contribution in [3.63, 3.8) is 0 Å². The van der Waals surface area contributed by atoms with E-state index in [0.29, 0.717) is 44.1 Å². The summed E-state index contributed by atoms with van der Waals surface area (Å²) in [7, 11) is 0. The van der Waals surface area contributed by atoms with Crippen LogP contribution in [0.5, 0.6) is 0 Å². The number of carbonyl (C=O) groups is 1. The number of rotatable bonds is 3. The van der Waals surface area contributed by atoms with Crippen molar-refractivity contribution >= 4 is 11.7 Å². The third-order valence-corrected chi connectivity index (χ3v) is 5.33. The van der Waals surface area contributed by atoms with E-state index >= 15 is 0 Å². The maximum Gasteiger partial charge on any atom is 0.229 e. The predicted octanol–water partition coefficient (Wildman–Crippen LogP) is 1.21. The van der Waals surface area contributed by atoms with Crippen LogP contribution < -0.4 is 15.8 Å². The second-order valence-corrected chi connectivity index (χ2v) is 6.96. The maximum atomic E-state index is 13.2. The van der Waals surface area contributed by atoms with Crippen molar-refractivity contribution < 1.29 is 9.18 Å². The summed E-state index contributed by atoms with van der Waals surface area (Å²) in [6, 6.07) is 11.7. The molecule has 7 nitrogen and oxygen atoms in total. The van der Waals surface area contributed by atoms with Crippen LogP contribution in [-0.2, 0) is 4.79 Å². The van der Waals surface area contributed by atoms with Crippen molar-refractivity contribution in [1.82, 2.24) is 20.7 Å². The molecule has 28 heavy (non-hydrogen) atoms. The van der Waals surface area contributed by atoms with Crippen molar-refractivity contribution in [1.29, 1.82) is 5.26 Å². The van der Waals surface area contributed by atoms with Gasteiger partial charge in [-0.15, -0.1) is 0 Å². The molecule has 144 valence electrons. The van der Waals surface area contributed by atoms with Crippen LogP contribution in [-0.4, -0.2) is 48.5 Å². The molecule has 2 aromatic rings. The number of aromatic nitrogens is 1. The summed E-state index contributed by atoms with van der Waals surface area (Å²) in [5.41, 5.74) is 7.62. The maximum absolute atomic E-state index is 13.2. The molecule has 4 rings (SSSR count). The molecule has 2 saturated heterocycles. The second-order valence-electron chi connectivity index (χ2n) is 6.96. The van der Waals surface area contributed by atoms with Gasteiger partial charge < -0.3 is 9.80 Å². The number of pyridine rings is 1. The summed E-state index contributed by atoms with van der Waals surface area (Å²) >= 11 is 0. The molecule has 2 fully saturated rings. The largest absolute Gasteiger partial charge is 0.352 e. The number of nitrogens with zero attached hydrogens (tertiary/aromatic N) is 4. The van der Waals surface area contributed by atoms with Crippen LogP contribution in [0.4, 0.5) is 10.2 Å². The van der Waals surface area contributed by atoms with Crippen molar-refractivity contribution in [2.75, 3.05) is 37.6 Å². The lowest BCUT2D eigenvalue weighted by atomic mass is 9.93. The van der Waals surface area contributed by atoms with Gasteiger partial charge in [-0.05, 0) is 29.8 Å². The van der Waals surface area contributed by atoms with Gasteiger partial charge in [0.05, 0.1) is 17.5 Å². The molecule has 1 aromatic heterocycles. The monoisotopic (exact) mass is 380 g/mol. The zero-order valence-electron chi connectivity index (χ0n) is 15.3. The molecule has 1 aromatic carbocycles. The highest BCUT2D eigenvalue weighted by atomic mass is 19.1. The van der Waals surface area contributed by atoms with E-state index in [2.05, 4.69) is 21.9 Å². The smallest absolute Gasteiger partial charge is 0.229 e. The van der Waals surface area contributed by atoms with E-state index in [0.717, 1.165) is 5.56 Å². The lowest BCUT2D eigenvalue weighted by molar-refractivity contribution is -0.135. The average Bonchev–Trinajstić information content (AvgIpc) is 3.23. The van der Waals surface area contributed by atoms with E-state index in [1.54, 1.807) is 30.5 Å². The highest BCUT2D eigenvalue weighted by Crippen LogP contribution is 2.27. The summed E-state index contributed by atoms with van der Waals surface area (Å²) in [5, 5.41) is 9.27. The SMILES string of the molecule is N#Cc1cccnc1N1CCN(C(=O)C2CNNC2c2ccc(F)cc2)CC1. The van der Waals surface area contributed by atoms with Crippen molar-refractivity contribution in [3.05, 3.63) is 59.5 Å². The number of nitriles is 1. The van der Waals surface area contributed by atoms with Crippen LogP contribution in [0, 0.1) is 23.1 Å². The van der Waals surface area contributed by atoms with Gasteiger partial charge in [0.1, 0.15) is 17.7 Å². The van der Waals surface area contributed by atoms with Gasteiger partial charge in [0.15, 0.2) is 0 Å². The van der Waals surface area contributed by atoms with Gasteiger partial charge in [-0.2, -0.15) is 5.26 Å². The van der Waals surface area contributed by atoms with Crippen LogP contribution in [0.1, 0.15) is 17.2 Å². The minimum absolute atomic E-state index is 0.0769. The normalized spacial score (nSPS) is 22.1. The minimum Gasteiger partial charge on any atom is -0.352 e. The Morgan fingerprint density at radius 3 is 2.64 bits per heavy atom. The topological polar surface area (TPSA) is 84.3 Å². The van der Waals surface area contributed by atoms with Gasteiger partial charge >= 0.3 is 0 Å². The number of hydrogen-bond acceptors (Lipinski definition) is 6. The molecule has 0 saturated carbocycles. The molecule has 3 heterocycles. The van der Waals surface area contributed by atoms with Crippen LogP contribution in [0.25, 0.3) is 0 Å². The zero-order chi connectivity index (χ0) is 19.5. The first-order valence-electron chi connectivity index (χ1n) is 9.30. The predicted molar refractivity (Wildman–Crippen MR) is 102 cm³/mol. The lowest BCUT2D eigenvalue weighted by Crippen LogP contribution is -2.51. The zero-order valence-corrected chi connectivity index (χ0v) is 15.3. The third kappa shape index (κ3) is 3.54. The molecule has 2 unspecified atom stereocenters. The van der Waals surface area contributed by atoms with E-state index in [1.807, 2.05) is 9.80 Å². The molecule has 0 bridgehead atoms. The van der Waals surface area contributed by atoms with Gasteiger partial charge in [-0.25, -0.2) is 14.8 Å². The molecule has 8 heteroatoms. The first-order chi connectivity index (χ1) is 13.7. The molecule has 2 aliphatic rings. The number of hydrazine groups is 1. The van der Waals surface area contributed by atoms with Gasteiger partial charge in [-0.3, -0.25) is 10.2 Å². The van der Waals surface area contributed by atoms with E-state index in [-0.39, 0.29) is 23.7 Å². The molecule has 0 spiro atoms. The van der Waals surface area contributed by atoms with E-state index in [4.69, 9.17) is 0 Å². The van der Waals surface area contributed by atoms with Crippen molar-refractivity contribution in [2.24, 2.45) is 5.92 Å². The van der Waals surface area contributed by atoms with Gasteiger partial charge in [0.25, 0.3) is 0 Å². The molecular formula is C20H21FN6O. The number of piperazine rings is 1. The molecule has 2 N–H and O–H groups in total. The fourth-order valence-electron chi connectivity index (χ4n) is 3.82. The summed E-state index contributed by atoms with van der Waals surface area (Å²) in [4.78, 5) is 21.3. The Morgan fingerprint density at radius 2 is 1.93 bits per heavy atom. The number of halogens is 1. The van der Waals surface area contributed by atoms with E-state index in [9.17, 15) is 14.4 Å². The third-order valence-electron chi connectivity index (χ3n) is 5.33. The van der Waals surface area contributed by atoms with Gasteiger partial charge in [0, 0.05) is 38.9 Å². The van der Waals surface area contributed by atoms with Crippen LogP contribution in [0.15, 0.2) is 42.6 Å². The molecule has 1 amide bonds. The van der Waals surface area contributed by atoms with Crippen LogP contribution in [0.3, 0.4) is 0 Å². The number of nitrogens with one attached hydrogen (secondary N) is 2. The fourth-order valence-corrected chi connectivity index (χ4v) is 3.82. The summed E-state index contributed by atoms with van der Waals surface area (Å²) in [6.45, 7) is 2.94. The van der Waals surface area contributed by atoms with Gasteiger partial charge in [-0.1, -0.05) is 12.1 Å². The standard InChI is InChI=1S/C20H21FN6O/c21-16-5-3-14(4-6-16)18-17(13-24-25-18)20(28)27-10-8-26(9-11-27)19-15(12-22)2-1-7-23-19/h1-7,17-18,24-25H,8-11,13H2. The molecule has 0 radical (unpaired) electrons. The Balaban J connectivity index is 1.42. The average molecular weight is 380 g/mol. The number of hydrogen-bond donors (Lipinski definition) is 2. The Bertz CT molecular complexity index is 888. The minimum atomic E-state index is -0.292. The number of anilines is 1. The fraction of sp³-hybridized carbons (Fsp3) is 0.350. The quantitative estimate of drug-likeness (QED) is 0.833. The Hall–Kier alpha value is -3.02. The number of carbonyl (C=O) groups excluding carboxylic acids is 1. The highest BCUT2D eigenvalue weighted by molar-refractivity contribution is 5.80. The Labute approximate surface area is 162 Å². The van der Waals surface area contributed by atoms with E-state index in [1.165, 1.54) is 12.1 Å². The summed E-state index contributed by atoms with van der Waals surface area (Å²) in [6.07, 6.45) is 1.68. The Kier molecular flexibility index (Phi) is 5.19.